The number of benzene rings is 2. The van der Waals surface area contributed by atoms with Crippen molar-refractivity contribution >= 4 is 35.2 Å². The number of hydrogen-bond donors (Lipinski definition) is 1. The smallest absolute Gasteiger partial charge is 0.340 e. The average molecular weight is 470 g/mol. The molecule has 0 bridgehead atoms. The number of carbonyl (C=O) groups is 3. The van der Waals surface area contributed by atoms with E-state index in [1.165, 1.54) is 11.8 Å². The van der Waals surface area contributed by atoms with Crippen molar-refractivity contribution in [2.75, 3.05) is 36.8 Å². The molecule has 0 spiro atoms. The van der Waals surface area contributed by atoms with Crippen molar-refractivity contribution in [3.8, 4) is 0 Å². The zero-order chi connectivity index (χ0) is 23.8. The molecule has 1 fully saturated rings. The average Bonchev–Trinajstić information content (AvgIpc) is 2.82. The minimum atomic E-state index is -0.886. The predicted molar refractivity (Wildman–Crippen MR) is 131 cm³/mol. The number of para-hydroxylation sites is 1. The van der Waals surface area contributed by atoms with E-state index >= 15 is 0 Å². The number of thioether (sulfide) groups is 1. The Kier molecular flexibility index (Phi) is 8.77. The first-order valence-electron chi connectivity index (χ1n) is 11.2. The van der Waals surface area contributed by atoms with E-state index in [-0.39, 0.29) is 23.6 Å². The molecule has 3 rings (SSSR count). The highest BCUT2D eigenvalue weighted by Crippen LogP contribution is 2.24. The summed E-state index contributed by atoms with van der Waals surface area (Å²) in [6.45, 7) is 8.01. The van der Waals surface area contributed by atoms with E-state index in [2.05, 4.69) is 22.3 Å². The predicted octanol–water partition coefficient (Wildman–Crippen LogP) is 3.20. The summed E-state index contributed by atoms with van der Waals surface area (Å²) in [5, 5.41) is 2.83. The Morgan fingerprint density at radius 1 is 0.939 bits per heavy atom. The topological polar surface area (TPSA) is 78.9 Å². The van der Waals surface area contributed by atoms with Crippen LogP contribution in [0.4, 0.5) is 5.69 Å². The zero-order valence-electron chi connectivity index (χ0n) is 19.3. The molecule has 7 nitrogen and oxygen atoms in total. The maximum Gasteiger partial charge on any atom is 0.340 e. The van der Waals surface area contributed by atoms with Crippen LogP contribution in [0.15, 0.2) is 59.5 Å². The van der Waals surface area contributed by atoms with Crippen LogP contribution < -0.4 is 10.2 Å². The van der Waals surface area contributed by atoms with Gasteiger partial charge in [-0.25, -0.2) is 4.79 Å². The molecule has 2 aromatic carbocycles. The summed E-state index contributed by atoms with van der Waals surface area (Å²) in [6, 6.07) is 17.1. The third-order valence-electron chi connectivity index (χ3n) is 5.26. The van der Waals surface area contributed by atoms with Gasteiger partial charge in [-0.3, -0.25) is 9.59 Å². The lowest BCUT2D eigenvalue weighted by Gasteiger charge is -2.37. The fraction of sp³-hybridized carbons (Fsp3) is 0.400. The molecule has 1 unspecified atom stereocenters. The first-order valence-corrected chi connectivity index (χ1v) is 12.1. The number of esters is 1. The number of rotatable bonds is 8. The Balaban J connectivity index is 1.54. The Bertz CT molecular complexity index is 959. The molecule has 0 aliphatic carbocycles. The van der Waals surface area contributed by atoms with Gasteiger partial charge in [-0.2, -0.15) is 0 Å². The van der Waals surface area contributed by atoms with Gasteiger partial charge in [-0.1, -0.05) is 30.3 Å². The third-order valence-corrected chi connectivity index (χ3v) is 6.33. The van der Waals surface area contributed by atoms with Gasteiger partial charge < -0.3 is 19.9 Å². The summed E-state index contributed by atoms with van der Waals surface area (Å²) in [5.74, 6) is -0.664. The number of hydrogen-bond acceptors (Lipinski definition) is 6. The van der Waals surface area contributed by atoms with Gasteiger partial charge in [0, 0.05) is 42.8 Å². The highest BCUT2D eigenvalue weighted by Gasteiger charge is 2.28. The van der Waals surface area contributed by atoms with Gasteiger partial charge in [0.15, 0.2) is 6.10 Å². The first-order chi connectivity index (χ1) is 15.8. The van der Waals surface area contributed by atoms with Crippen molar-refractivity contribution in [2.45, 2.75) is 37.8 Å². The zero-order valence-corrected chi connectivity index (χ0v) is 20.1. The van der Waals surface area contributed by atoms with Crippen LogP contribution in [0.5, 0.6) is 0 Å². The third kappa shape index (κ3) is 6.99. The molecule has 1 heterocycles. The molecular formula is C25H31N3O4S. The van der Waals surface area contributed by atoms with Crippen LogP contribution in [0, 0.1) is 0 Å². The van der Waals surface area contributed by atoms with Crippen molar-refractivity contribution in [3.63, 3.8) is 0 Å². The minimum absolute atomic E-state index is 0.0553. The van der Waals surface area contributed by atoms with E-state index in [0.717, 1.165) is 18.8 Å². The van der Waals surface area contributed by atoms with Gasteiger partial charge in [0.1, 0.15) is 0 Å². The van der Waals surface area contributed by atoms with E-state index < -0.39 is 12.1 Å². The van der Waals surface area contributed by atoms with E-state index in [1.54, 1.807) is 36.1 Å². The lowest BCUT2D eigenvalue weighted by molar-refractivity contribution is -0.140. The summed E-state index contributed by atoms with van der Waals surface area (Å²) >= 11 is 1.27. The van der Waals surface area contributed by atoms with Crippen LogP contribution in [0.3, 0.4) is 0 Å². The van der Waals surface area contributed by atoms with Crippen LogP contribution in [-0.2, 0) is 14.3 Å². The molecule has 0 radical (unpaired) electrons. The lowest BCUT2D eigenvalue weighted by atomic mass is 10.2. The minimum Gasteiger partial charge on any atom is -0.449 e. The summed E-state index contributed by atoms with van der Waals surface area (Å²) in [5.41, 5.74) is 1.49. The number of anilines is 1. The maximum atomic E-state index is 12.9. The second-order valence-electron chi connectivity index (χ2n) is 8.20. The number of piperazine rings is 1. The van der Waals surface area contributed by atoms with Gasteiger partial charge in [0.05, 0.1) is 11.3 Å². The van der Waals surface area contributed by atoms with Gasteiger partial charge in [-0.15, -0.1) is 11.8 Å². The SMILES string of the molecule is CC(C)NC(=O)CSc1ccccc1C(=O)OC(C)C(=O)N1CCN(c2ccccc2)CC1. The highest BCUT2D eigenvalue weighted by molar-refractivity contribution is 8.00. The molecule has 2 amide bonds. The number of nitrogens with one attached hydrogen (secondary N) is 1. The van der Waals surface area contributed by atoms with Crippen LogP contribution in [0.1, 0.15) is 31.1 Å². The molecular weight excluding hydrogens is 438 g/mol. The molecule has 0 saturated carbocycles. The fourth-order valence-corrected chi connectivity index (χ4v) is 4.48. The van der Waals surface area contributed by atoms with E-state index in [4.69, 9.17) is 4.74 Å². The molecule has 0 aromatic heterocycles. The van der Waals surface area contributed by atoms with Crippen LogP contribution in [0.25, 0.3) is 0 Å². The normalized spacial score (nSPS) is 14.7. The number of amides is 2. The number of ether oxygens (including phenoxy) is 1. The molecule has 8 heteroatoms. The van der Waals surface area contributed by atoms with Gasteiger partial charge >= 0.3 is 5.97 Å². The summed E-state index contributed by atoms with van der Waals surface area (Å²) in [4.78, 5) is 42.3. The monoisotopic (exact) mass is 469 g/mol. The van der Waals surface area contributed by atoms with E-state index in [0.29, 0.717) is 23.5 Å². The van der Waals surface area contributed by atoms with Crippen molar-refractivity contribution in [1.82, 2.24) is 10.2 Å². The number of carbonyl (C=O) groups excluding carboxylic acids is 3. The van der Waals surface area contributed by atoms with E-state index in [9.17, 15) is 14.4 Å². The Hall–Kier alpha value is -3.00. The fourth-order valence-electron chi connectivity index (χ4n) is 3.62. The van der Waals surface area contributed by atoms with Crippen molar-refractivity contribution in [2.24, 2.45) is 0 Å². The quantitative estimate of drug-likeness (QED) is 0.473. The Morgan fingerprint density at radius 3 is 2.24 bits per heavy atom. The Labute approximate surface area is 199 Å². The highest BCUT2D eigenvalue weighted by atomic mass is 32.2. The van der Waals surface area contributed by atoms with Gasteiger partial charge in [0.2, 0.25) is 5.91 Å². The molecule has 1 atom stereocenters. The summed E-state index contributed by atoms with van der Waals surface area (Å²) in [7, 11) is 0. The standard InChI is InChI=1S/C25H31N3O4S/c1-18(2)26-23(29)17-33-22-12-8-7-11-21(22)25(31)32-19(3)24(30)28-15-13-27(14-16-28)20-9-5-4-6-10-20/h4-12,18-19H,13-17H2,1-3H3,(H,26,29). The second-order valence-corrected chi connectivity index (χ2v) is 9.22. The largest absolute Gasteiger partial charge is 0.449 e. The second kappa shape index (κ2) is 11.7. The maximum absolute atomic E-state index is 12.9. The molecule has 176 valence electrons. The number of nitrogens with zero attached hydrogens (tertiary/aromatic N) is 2. The van der Waals surface area contributed by atoms with Crippen LogP contribution in [-0.4, -0.2) is 66.8 Å². The molecule has 1 N–H and O–H groups in total. The summed E-state index contributed by atoms with van der Waals surface area (Å²) < 4.78 is 5.52. The lowest BCUT2D eigenvalue weighted by Crippen LogP contribution is -2.51. The molecule has 2 aromatic rings. The van der Waals surface area contributed by atoms with Gasteiger partial charge in [-0.05, 0) is 45.0 Å². The van der Waals surface area contributed by atoms with Crippen LogP contribution >= 0.6 is 11.8 Å². The van der Waals surface area contributed by atoms with Crippen LogP contribution in [0.2, 0.25) is 0 Å². The molecule has 33 heavy (non-hydrogen) atoms. The molecule has 1 saturated heterocycles. The van der Waals surface area contributed by atoms with Crippen molar-refractivity contribution < 1.29 is 19.1 Å². The van der Waals surface area contributed by atoms with Gasteiger partial charge in [0.25, 0.3) is 5.91 Å². The van der Waals surface area contributed by atoms with E-state index in [1.807, 2.05) is 32.0 Å². The molecule has 1 aliphatic heterocycles. The van der Waals surface area contributed by atoms with Crippen molar-refractivity contribution in [3.05, 3.63) is 60.2 Å². The summed E-state index contributed by atoms with van der Waals surface area (Å²) in [6.07, 6.45) is -0.886. The first kappa shape index (κ1) is 24.6. The van der Waals surface area contributed by atoms with Crippen molar-refractivity contribution in [1.29, 1.82) is 0 Å². The Morgan fingerprint density at radius 2 is 1.58 bits per heavy atom. The molecule has 1 aliphatic rings.